The molecule has 0 radical (unpaired) electrons. The van der Waals surface area contributed by atoms with Crippen LogP contribution in [-0.4, -0.2) is 27.8 Å². The number of fused-ring (bicyclic) bond motifs is 2. The normalized spacial score (nSPS) is 17.3. The number of carbonyl (C=O) groups excluding carboxylic acids is 1. The van der Waals surface area contributed by atoms with Crippen LogP contribution >= 0.6 is 0 Å². The summed E-state index contributed by atoms with van der Waals surface area (Å²) in [7, 11) is 0. The lowest BCUT2D eigenvalue weighted by molar-refractivity contribution is -0.109. The van der Waals surface area contributed by atoms with E-state index in [-0.39, 0.29) is 6.04 Å². The molecule has 5 heteroatoms. The predicted octanol–water partition coefficient (Wildman–Crippen LogP) is 7.17. The van der Waals surface area contributed by atoms with Crippen LogP contribution in [-0.2, 0) is 11.2 Å². The van der Waals surface area contributed by atoms with E-state index in [1.165, 1.54) is 24.0 Å². The highest BCUT2D eigenvalue weighted by Crippen LogP contribution is 2.43. The molecule has 0 amide bonds. The number of aromatic amines is 1. The maximum absolute atomic E-state index is 12.6. The van der Waals surface area contributed by atoms with Crippen LogP contribution in [0.1, 0.15) is 53.5 Å². The van der Waals surface area contributed by atoms with Crippen LogP contribution in [0.5, 0.6) is 0 Å². The summed E-state index contributed by atoms with van der Waals surface area (Å²) in [5.74, 6) is 0.716. The largest absolute Gasteiger partial charge is 0.357 e. The van der Waals surface area contributed by atoms with E-state index < -0.39 is 0 Å². The van der Waals surface area contributed by atoms with Gasteiger partial charge in [0.15, 0.2) is 0 Å². The summed E-state index contributed by atoms with van der Waals surface area (Å²) in [6.07, 6.45) is 7.35. The van der Waals surface area contributed by atoms with E-state index in [0.717, 1.165) is 76.0 Å². The lowest BCUT2D eigenvalue weighted by Crippen LogP contribution is -2.30. The summed E-state index contributed by atoms with van der Waals surface area (Å²) in [4.78, 5) is 27.6. The average Bonchev–Trinajstić information content (AvgIpc) is 3.74. The first-order chi connectivity index (χ1) is 18.7. The SMILES string of the molecule is Cc1c(-c2ncnc3[nH]c(-c4ccccc4)cc23)cccc1N1CCCc2cc(C3CC3)ccc2C1C=O. The van der Waals surface area contributed by atoms with E-state index >= 15 is 0 Å². The van der Waals surface area contributed by atoms with Gasteiger partial charge in [-0.3, -0.25) is 0 Å². The van der Waals surface area contributed by atoms with E-state index in [4.69, 9.17) is 4.98 Å². The molecule has 1 unspecified atom stereocenters. The third kappa shape index (κ3) is 3.90. The Kier molecular flexibility index (Phi) is 5.58. The van der Waals surface area contributed by atoms with Gasteiger partial charge >= 0.3 is 0 Å². The molecule has 0 saturated heterocycles. The molecule has 2 aliphatic rings. The third-order valence-corrected chi connectivity index (χ3v) is 8.22. The molecule has 5 nitrogen and oxygen atoms in total. The summed E-state index contributed by atoms with van der Waals surface area (Å²) in [5, 5.41) is 0.993. The summed E-state index contributed by atoms with van der Waals surface area (Å²) < 4.78 is 0. The molecule has 3 aromatic carbocycles. The van der Waals surface area contributed by atoms with Gasteiger partial charge in [0.2, 0.25) is 0 Å². The molecule has 38 heavy (non-hydrogen) atoms. The first kappa shape index (κ1) is 22.9. The van der Waals surface area contributed by atoms with Gasteiger partial charge in [0, 0.05) is 28.9 Å². The monoisotopic (exact) mass is 498 g/mol. The fraction of sp³-hybridized carbons (Fsp3) is 0.242. The van der Waals surface area contributed by atoms with Gasteiger partial charge < -0.3 is 14.7 Å². The van der Waals surface area contributed by atoms with Gasteiger partial charge in [0.25, 0.3) is 0 Å². The van der Waals surface area contributed by atoms with Crippen molar-refractivity contribution < 1.29 is 4.79 Å². The predicted molar refractivity (Wildman–Crippen MR) is 152 cm³/mol. The van der Waals surface area contributed by atoms with E-state index in [2.05, 4.69) is 76.4 Å². The minimum atomic E-state index is -0.294. The number of aromatic nitrogens is 3. The highest BCUT2D eigenvalue weighted by molar-refractivity contribution is 5.95. The van der Waals surface area contributed by atoms with Crippen LogP contribution in [0, 0.1) is 6.92 Å². The zero-order chi connectivity index (χ0) is 25.6. The van der Waals surface area contributed by atoms with Crippen molar-refractivity contribution in [2.75, 3.05) is 11.4 Å². The Morgan fingerprint density at radius 3 is 2.66 bits per heavy atom. The summed E-state index contributed by atoms with van der Waals surface area (Å²) >= 11 is 0. The number of rotatable bonds is 5. The molecule has 1 atom stereocenters. The number of hydrogen-bond donors (Lipinski definition) is 1. The number of benzene rings is 3. The fourth-order valence-corrected chi connectivity index (χ4v) is 6.08. The lowest BCUT2D eigenvalue weighted by atomic mass is 9.94. The fourth-order valence-electron chi connectivity index (χ4n) is 6.08. The van der Waals surface area contributed by atoms with Gasteiger partial charge in [0.05, 0.1) is 5.69 Å². The summed E-state index contributed by atoms with van der Waals surface area (Å²) in [6.45, 7) is 2.98. The number of H-pyrrole nitrogens is 1. The minimum Gasteiger partial charge on any atom is -0.357 e. The number of aldehydes is 1. The Hall–Kier alpha value is -4.25. The van der Waals surface area contributed by atoms with Gasteiger partial charge in [-0.1, -0.05) is 60.7 Å². The van der Waals surface area contributed by atoms with Gasteiger partial charge in [-0.05, 0) is 78.5 Å². The molecule has 5 aromatic rings. The second-order valence-corrected chi connectivity index (χ2v) is 10.6. The van der Waals surface area contributed by atoms with Crippen LogP contribution in [0.2, 0.25) is 0 Å². The van der Waals surface area contributed by atoms with Crippen molar-refractivity contribution in [3.63, 3.8) is 0 Å². The minimum absolute atomic E-state index is 0.294. The van der Waals surface area contributed by atoms with E-state index in [1.807, 2.05) is 18.2 Å². The molecule has 1 aliphatic carbocycles. The van der Waals surface area contributed by atoms with Crippen molar-refractivity contribution in [3.8, 4) is 22.5 Å². The van der Waals surface area contributed by atoms with Gasteiger partial charge in [0.1, 0.15) is 24.3 Å². The molecule has 188 valence electrons. The van der Waals surface area contributed by atoms with Crippen molar-refractivity contribution >= 4 is 23.0 Å². The molecular weight excluding hydrogens is 468 g/mol. The first-order valence-corrected chi connectivity index (χ1v) is 13.5. The van der Waals surface area contributed by atoms with Crippen molar-refractivity contribution in [3.05, 3.63) is 101 Å². The number of hydrogen-bond acceptors (Lipinski definition) is 4. The molecule has 1 N–H and O–H groups in total. The van der Waals surface area contributed by atoms with Crippen LogP contribution < -0.4 is 4.90 Å². The quantitative estimate of drug-likeness (QED) is 0.261. The smallest absolute Gasteiger partial charge is 0.146 e. The zero-order valence-electron chi connectivity index (χ0n) is 21.5. The number of carbonyl (C=O) groups is 1. The molecule has 2 aromatic heterocycles. The van der Waals surface area contributed by atoms with Crippen molar-refractivity contribution in [2.24, 2.45) is 0 Å². The average molecular weight is 499 g/mol. The Morgan fingerprint density at radius 2 is 1.84 bits per heavy atom. The Bertz CT molecular complexity index is 1650. The van der Waals surface area contributed by atoms with Crippen LogP contribution in [0.4, 0.5) is 5.69 Å². The number of aryl methyl sites for hydroxylation is 1. The Labute approximate surface area is 222 Å². The molecule has 0 bridgehead atoms. The molecule has 0 spiro atoms. The maximum Gasteiger partial charge on any atom is 0.146 e. The van der Waals surface area contributed by atoms with Crippen LogP contribution in [0.25, 0.3) is 33.5 Å². The van der Waals surface area contributed by atoms with E-state index in [1.54, 1.807) is 6.33 Å². The first-order valence-electron chi connectivity index (χ1n) is 13.5. The lowest BCUT2D eigenvalue weighted by Gasteiger charge is -2.31. The standard InChI is InChI=1S/C33H30N4O/c1-21-26(32-28-18-29(23-7-3-2-4-8-23)36-33(28)35-20-34-32)10-5-11-30(21)37-16-6-9-25-17-24(22-12-13-22)14-15-27(25)31(37)19-38/h2-5,7-8,10-11,14-15,17-20,22,31H,6,9,12-13,16H2,1H3,(H,34,35,36). The second-order valence-electron chi connectivity index (χ2n) is 10.6. The topological polar surface area (TPSA) is 61.9 Å². The van der Waals surface area contributed by atoms with Gasteiger partial charge in [-0.15, -0.1) is 0 Å². The second kappa shape index (κ2) is 9.25. The van der Waals surface area contributed by atoms with Crippen LogP contribution in [0.15, 0.2) is 79.1 Å². The molecule has 1 aliphatic heterocycles. The number of nitrogens with zero attached hydrogens (tertiary/aromatic N) is 3. The Balaban J connectivity index is 1.30. The summed E-state index contributed by atoms with van der Waals surface area (Å²) in [6, 6.07) is 25.3. The maximum atomic E-state index is 12.6. The van der Waals surface area contributed by atoms with Crippen LogP contribution in [0.3, 0.4) is 0 Å². The molecule has 7 rings (SSSR count). The highest BCUT2D eigenvalue weighted by atomic mass is 16.1. The summed E-state index contributed by atoms with van der Waals surface area (Å²) in [5.41, 5.74) is 11.1. The number of nitrogens with one attached hydrogen (secondary N) is 1. The van der Waals surface area contributed by atoms with Crippen molar-refractivity contribution in [1.29, 1.82) is 0 Å². The molecule has 1 fully saturated rings. The Morgan fingerprint density at radius 1 is 0.974 bits per heavy atom. The zero-order valence-corrected chi connectivity index (χ0v) is 21.5. The third-order valence-electron chi connectivity index (χ3n) is 8.22. The van der Waals surface area contributed by atoms with Crippen molar-refractivity contribution in [1.82, 2.24) is 15.0 Å². The van der Waals surface area contributed by atoms with Gasteiger partial charge in [-0.2, -0.15) is 0 Å². The molecular formula is C33H30N4O. The van der Waals surface area contributed by atoms with E-state index in [9.17, 15) is 4.79 Å². The van der Waals surface area contributed by atoms with Crippen molar-refractivity contribution in [2.45, 2.75) is 44.6 Å². The van der Waals surface area contributed by atoms with E-state index in [0.29, 0.717) is 5.92 Å². The van der Waals surface area contributed by atoms with Gasteiger partial charge in [-0.25, -0.2) is 9.97 Å². The number of anilines is 1. The highest BCUT2D eigenvalue weighted by Gasteiger charge is 2.30. The molecule has 1 saturated carbocycles. The molecule has 3 heterocycles.